The summed E-state index contributed by atoms with van der Waals surface area (Å²) in [4.78, 5) is 12.4. The van der Waals surface area contributed by atoms with E-state index in [4.69, 9.17) is 5.11 Å². The highest BCUT2D eigenvalue weighted by atomic mass is 32.1. The molecule has 0 amide bonds. The van der Waals surface area contributed by atoms with Gasteiger partial charge in [0, 0.05) is 4.88 Å². The Labute approximate surface area is 126 Å². The van der Waals surface area contributed by atoms with Gasteiger partial charge in [0.25, 0.3) is 0 Å². The molecule has 0 saturated carbocycles. The maximum Gasteiger partial charge on any atom is 0.345 e. The number of carboxylic acid groups (broad SMARTS) is 1. The Morgan fingerprint density at radius 1 is 1.10 bits per heavy atom. The normalized spacial score (nSPS) is 11.8. The minimum absolute atomic E-state index is 0.430. The monoisotopic (exact) mass is 294 g/mol. The van der Waals surface area contributed by atoms with Crippen molar-refractivity contribution < 1.29 is 9.90 Å². The average molecular weight is 294 g/mol. The first-order valence-corrected chi connectivity index (χ1v) is 8.49. The molecule has 1 aromatic heterocycles. The van der Waals surface area contributed by atoms with Gasteiger partial charge in [-0.3, -0.25) is 0 Å². The van der Waals surface area contributed by atoms with Gasteiger partial charge >= 0.3 is 5.97 Å². The van der Waals surface area contributed by atoms with Crippen molar-refractivity contribution in [2.24, 2.45) is 0 Å². The molecule has 1 heterocycles. The van der Waals surface area contributed by atoms with Gasteiger partial charge in [0.2, 0.25) is 0 Å². The second kappa shape index (κ2) is 9.76. The van der Waals surface area contributed by atoms with Crippen LogP contribution in [-0.4, -0.2) is 11.1 Å². The van der Waals surface area contributed by atoms with E-state index in [-0.39, 0.29) is 0 Å². The van der Waals surface area contributed by atoms with Crippen LogP contribution in [0.1, 0.15) is 79.8 Å². The summed E-state index contributed by atoms with van der Waals surface area (Å²) in [5, 5.41) is 8.96. The zero-order chi connectivity index (χ0) is 14.8. The highest BCUT2D eigenvalue weighted by Crippen LogP contribution is 2.28. The van der Waals surface area contributed by atoms with E-state index in [1.807, 2.05) is 13.0 Å². The third-order valence-electron chi connectivity index (χ3n) is 3.53. The quantitative estimate of drug-likeness (QED) is 0.538. The van der Waals surface area contributed by atoms with E-state index in [0.717, 1.165) is 11.3 Å². The lowest BCUT2D eigenvalue weighted by Gasteiger charge is -2.05. The van der Waals surface area contributed by atoms with Crippen molar-refractivity contribution in [2.45, 2.75) is 65.2 Å². The van der Waals surface area contributed by atoms with Crippen LogP contribution in [0.4, 0.5) is 0 Å². The van der Waals surface area contributed by atoms with Crippen LogP contribution < -0.4 is 0 Å². The standard InChI is InChI=1S/C17H26O2S/c1-3-5-6-7-8-9-10-11-14(4-2)15-12-13-16(20-15)17(18)19/h4,12-13H,3,5-11H2,1-2H3,(H,18,19)/b14-4+. The minimum Gasteiger partial charge on any atom is -0.477 e. The molecule has 0 atom stereocenters. The van der Waals surface area contributed by atoms with E-state index < -0.39 is 5.97 Å². The number of hydrogen-bond acceptors (Lipinski definition) is 2. The number of rotatable bonds is 10. The van der Waals surface area contributed by atoms with Crippen molar-refractivity contribution >= 4 is 22.9 Å². The molecule has 0 aliphatic heterocycles. The third-order valence-corrected chi connectivity index (χ3v) is 4.68. The van der Waals surface area contributed by atoms with E-state index in [9.17, 15) is 4.79 Å². The molecule has 0 unspecified atom stereocenters. The van der Waals surface area contributed by atoms with Crippen LogP contribution in [0.5, 0.6) is 0 Å². The molecule has 0 aromatic carbocycles. The van der Waals surface area contributed by atoms with E-state index in [1.165, 1.54) is 61.9 Å². The number of unbranched alkanes of at least 4 members (excludes halogenated alkanes) is 6. The number of hydrogen-bond donors (Lipinski definition) is 1. The third kappa shape index (κ3) is 5.91. The lowest BCUT2D eigenvalue weighted by atomic mass is 10.0. The summed E-state index contributed by atoms with van der Waals surface area (Å²) < 4.78 is 0. The maximum atomic E-state index is 10.9. The summed E-state index contributed by atoms with van der Waals surface area (Å²) in [7, 11) is 0. The summed E-state index contributed by atoms with van der Waals surface area (Å²) in [6.45, 7) is 4.28. The highest BCUT2D eigenvalue weighted by Gasteiger charge is 2.09. The fraction of sp³-hybridized carbons (Fsp3) is 0.588. The van der Waals surface area contributed by atoms with Crippen molar-refractivity contribution in [3.8, 4) is 0 Å². The molecule has 1 rings (SSSR count). The van der Waals surface area contributed by atoms with Gasteiger partial charge in [-0.05, 0) is 37.5 Å². The first-order valence-electron chi connectivity index (χ1n) is 7.67. The summed E-state index contributed by atoms with van der Waals surface area (Å²) in [6.07, 6.45) is 12.3. The van der Waals surface area contributed by atoms with Crippen molar-refractivity contribution in [3.05, 3.63) is 28.0 Å². The zero-order valence-electron chi connectivity index (χ0n) is 12.7. The Morgan fingerprint density at radius 3 is 2.25 bits per heavy atom. The van der Waals surface area contributed by atoms with Crippen molar-refractivity contribution in [3.63, 3.8) is 0 Å². The van der Waals surface area contributed by atoms with Crippen molar-refractivity contribution in [1.29, 1.82) is 0 Å². The van der Waals surface area contributed by atoms with Crippen LogP contribution >= 0.6 is 11.3 Å². The Balaban J connectivity index is 2.31. The number of aromatic carboxylic acids is 1. The summed E-state index contributed by atoms with van der Waals surface area (Å²) in [5.41, 5.74) is 1.29. The van der Waals surface area contributed by atoms with Crippen LogP contribution in [0.15, 0.2) is 18.2 Å². The number of carboxylic acids is 1. The lowest BCUT2D eigenvalue weighted by molar-refractivity contribution is 0.0702. The minimum atomic E-state index is -0.826. The van der Waals surface area contributed by atoms with Gasteiger partial charge in [-0.2, -0.15) is 0 Å². The van der Waals surface area contributed by atoms with E-state index >= 15 is 0 Å². The molecule has 0 spiro atoms. The van der Waals surface area contributed by atoms with E-state index in [1.54, 1.807) is 6.07 Å². The molecule has 0 bridgehead atoms. The summed E-state index contributed by atoms with van der Waals surface area (Å²) in [6, 6.07) is 3.64. The van der Waals surface area contributed by atoms with Gasteiger partial charge in [-0.15, -0.1) is 11.3 Å². The molecule has 3 heteroatoms. The molecule has 0 radical (unpaired) electrons. The van der Waals surface area contributed by atoms with Gasteiger partial charge in [-0.1, -0.05) is 51.5 Å². The summed E-state index contributed by atoms with van der Waals surface area (Å²) >= 11 is 1.38. The molecule has 1 aromatic rings. The Kier molecular flexibility index (Phi) is 8.28. The Morgan fingerprint density at radius 2 is 1.70 bits per heavy atom. The van der Waals surface area contributed by atoms with E-state index in [2.05, 4.69) is 13.0 Å². The van der Waals surface area contributed by atoms with Gasteiger partial charge in [0.1, 0.15) is 4.88 Å². The molecule has 0 aliphatic rings. The van der Waals surface area contributed by atoms with Gasteiger partial charge in [0.05, 0.1) is 0 Å². The van der Waals surface area contributed by atoms with E-state index in [0.29, 0.717) is 4.88 Å². The highest BCUT2D eigenvalue weighted by molar-refractivity contribution is 7.15. The SMILES string of the molecule is C/C=C(\CCCCCCCCC)c1ccc(C(=O)O)s1. The van der Waals surface area contributed by atoms with Crippen LogP contribution in [0.3, 0.4) is 0 Å². The van der Waals surface area contributed by atoms with Crippen LogP contribution in [-0.2, 0) is 0 Å². The topological polar surface area (TPSA) is 37.3 Å². The first-order chi connectivity index (χ1) is 9.69. The molecule has 0 aliphatic carbocycles. The molecule has 20 heavy (non-hydrogen) atoms. The average Bonchev–Trinajstić information content (AvgIpc) is 2.92. The number of allylic oxidation sites excluding steroid dienone is 2. The molecule has 0 fully saturated rings. The van der Waals surface area contributed by atoms with Crippen molar-refractivity contribution in [2.75, 3.05) is 0 Å². The molecular weight excluding hydrogens is 268 g/mol. The Bertz CT molecular complexity index is 432. The first kappa shape index (κ1) is 17.0. The number of thiophene rings is 1. The predicted molar refractivity (Wildman–Crippen MR) is 87.5 cm³/mol. The molecular formula is C17H26O2S. The van der Waals surface area contributed by atoms with Crippen LogP contribution in [0.25, 0.3) is 5.57 Å². The predicted octanol–water partition coefficient (Wildman–Crippen LogP) is 5.99. The largest absolute Gasteiger partial charge is 0.477 e. The molecule has 2 nitrogen and oxygen atoms in total. The van der Waals surface area contributed by atoms with Gasteiger partial charge in [0.15, 0.2) is 0 Å². The van der Waals surface area contributed by atoms with Crippen LogP contribution in [0, 0.1) is 0 Å². The summed E-state index contributed by atoms with van der Waals surface area (Å²) in [5.74, 6) is -0.826. The van der Waals surface area contributed by atoms with Gasteiger partial charge < -0.3 is 5.11 Å². The second-order valence-electron chi connectivity index (χ2n) is 5.15. The zero-order valence-corrected chi connectivity index (χ0v) is 13.5. The maximum absolute atomic E-state index is 10.9. The lowest BCUT2D eigenvalue weighted by Crippen LogP contribution is -1.89. The fourth-order valence-electron chi connectivity index (χ4n) is 2.31. The van der Waals surface area contributed by atoms with Crippen LogP contribution in [0.2, 0.25) is 0 Å². The Hall–Kier alpha value is -1.09. The van der Waals surface area contributed by atoms with Crippen molar-refractivity contribution in [1.82, 2.24) is 0 Å². The fourth-order valence-corrected chi connectivity index (χ4v) is 3.26. The molecule has 1 N–H and O–H groups in total. The van der Waals surface area contributed by atoms with Gasteiger partial charge in [-0.25, -0.2) is 4.79 Å². The molecule has 0 saturated heterocycles. The second-order valence-corrected chi connectivity index (χ2v) is 6.24. The number of carbonyl (C=O) groups is 1. The molecule has 112 valence electrons. The smallest absolute Gasteiger partial charge is 0.345 e.